The molecule has 1 aromatic heterocycles. The van der Waals surface area contributed by atoms with Gasteiger partial charge in [-0.05, 0) is 25.2 Å². The summed E-state index contributed by atoms with van der Waals surface area (Å²) in [5, 5.41) is 3.61. The van der Waals surface area contributed by atoms with Crippen molar-refractivity contribution in [2.75, 3.05) is 18.5 Å². The summed E-state index contributed by atoms with van der Waals surface area (Å²) in [5.41, 5.74) is 0. The molecule has 0 atom stereocenters. The summed E-state index contributed by atoms with van der Waals surface area (Å²) in [6.07, 6.45) is 7.76. The molecule has 1 N–H and O–H groups in total. The molecule has 1 aliphatic carbocycles. The average Bonchev–Trinajstić information content (AvgIpc) is 2.89. The van der Waals surface area contributed by atoms with Crippen molar-refractivity contribution < 1.29 is 4.74 Å². The zero-order chi connectivity index (χ0) is 12.8. The molecule has 0 spiro atoms. The van der Waals surface area contributed by atoms with Crippen molar-refractivity contribution in [1.82, 2.24) is 9.97 Å². The van der Waals surface area contributed by atoms with E-state index in [1.807, 2.05) is 0 Å². The number of hydrogen-bond acceptors (Lipinski definition) is 4. The average molecular weight is 270 g/mol. The fraction of sp³-hybridized carbons (Fsp3) is 0.692. The first-order valence-corrected chi connectivity index (χ1v) is 7.06. The van der Waals surface area contributed by atoms with E-state index in [0.717, 1.165) is 13.0 Å². The quantitative estimate of drug-likeness (QED) is 0.858. The predicted octanol–water partition coefficient (Wildman–Crippen LogP) is 3.52. The van der Waals surface area contributed by atoms with Gasteiger partial charge in [0, 0.05) is 6.54 Å². The van der Waals surface area contributed by atoms with Gasteiger partial charge in [-0.1, -0.05) is 31.4 Å². The SMILES string of the molecule is CCCNc1ncc(Cl)c(OCC2CCCC2)n1. The van der Waals surface area contributed by atoms with Gasteiger partial charge in [0.05, 0.1) is 12.8 Å². The summed E-state index contributed by atoms with van der Waals surface area (Å²) in [4.78, 5) is 8.42. The predicted molar refractivity (Wildman–Crippen MR) is 73.3 cm³/mol. The van der Waals surface area contributed by atoms with Crippen LogP contribution in [0.1, 0.15) is 39.0 Å². The molecule has 1 saturated carbocycles. The Labute approximate surface area is 113 Å². The second kappa shape index (κ2) is 6.78. The highest BCUT2D eigenvalue weighted by atomic mass is 35.5. The first kappa shape index (κ1) is 13.4. The molecule has 100 valence electrons. The van der Waals surface area contributed by atoms with Crippen molar-refractivity contribution in [3.05, 3.63) is 11.2 Å². The van der Waals surface area contributed by atoms with Crippen LogP contribution in [0.5, 0.6) is 5.88 Å². The van der Waals surface area contributed by atoms with Crippen LogP contribution >= 0.6 is 11.6 Å². The summed E-state index contributed by atoms with van der Waals surface area (Å²) in [7, 11) is 0. The molecule has 2 rings (SSSR count). The first-order valence-electron chi connectivity index (χ1n) is 6.68. The zero-order valence-electron chi connectivity index (χ0n) is 10.8. The van der Waals surface area contributed by atoms with Crippen LogP contribution in [0, 0.1) is 5.92 Å². The Morgan fingerprint density at radius 1 is 1.44 bits per heavy atom. The van der Waals surface area contributed by atoms with Gasteiger partial charge >= 0.3 is 0 Å². The smallest absolute Gasteiger partial charge is 0.237 e. The minimum absolute atomic E-state index is 0.482. The molecule has 0 amide bonds. The highest BCUT2D eigenvalue weighted by Crippen LogP contribution is 2.27. The third kappa shape index (κ3) is 3.73. The topological polar surface area (TPSA) is 47.0 Å². The second-order valence-electron chi connectivity index (χ2n) is 4.73. The van der Waals surface area contributed by atoms with E-state index in [1.54, 1.807) is 6.20 Å². The highest BCUT2D eigenvalue weighted by molar-refractivity contribution is 6.31. The van der Waals surface area contributed by atoms with Crippen LogP contribution in [-0.4, -0.2) is 23.1 Å². The largest absolute Gasteiger partial charge is 0.476 e. The molecule has 0 saturated heterocycles. The maximum absolute atomic E-state index is 6.04. The maximum atomic E-state index is 6.04. The van der Waals surface area contributed by atoms with Crippen molar-refractivity contribution >= 4 is 17.5 Å². The Balaban J connectivity index is 1.92. The minimum Gasteiger partial charge on any atom is -0.476 e. The number of halogens is 1. The van der Waals surface area contributed by atoms with Crippen LogP contribution < -0.4 is 10.1 Å². The molecule has 1 aromatic rings. The lowest BCUT2D eigenvalue weighted by atomic mass is 10.1. The third-order valence-electron chi connectivity index (χ3n) is 3.18. The molecule has 0 radical (unpaired) electrons. The van der Waals surface area contributed by atoms with Crippen molar-refractivity contribution in [1.29, 1.82) is 0 Å². The van der Waals surface area contributed by atoms with E-state index in [9.17, 15) is 0 Å². The molecule has 18 heavy (non-hydrogen) atoms. The summed E-state index contributed by atoms with van der Waals surface area (Å²) >= 11 is 6.04. The lowest BCUT2D eigenvalue weighted by molar-refractivity contribution is 0.243. The lowest BCUT2D eigenvalue weighted by Crippen LogP contribution is -2.11. The maximum Gasteiger partial charge on any atom is 0.237 e. The minimum atomic E-state index is 0.482. The molecule has 1 heterocycles. The second-order valence-corrected chi connectivity index (χ2v) is 5.14. The fourth-order valence-corrected chi connectivity index (χ4v) is 2.29. The summed E-state index contributed by atoms with van der Waals surface area (Å²) in [6, 6.07) is 0. The van der Waals surface area contributed by atoms with E-state index in [0.29, 0.717) is 29.4 Å². The van der Waals surface area contributed by atoms with Crippen molar-refractivity contribution in [3.8, 4) is 5.88 Å². The molecule has 1 aliphatic rings. The van der Waals surface area contributed by atoms with Crippen LogP contribution in [0.2, 0.25) is 5.02 Å². The normalized spacial score (nSPS) is 15.9. The van der Waals surface area contributed by atoms with Gasteiger partial charge in [0.1, 0.15) is 5.02 Å². The molecule has 4 nitrogen and oxygen atoms in total. The molecule has 1 fully saturated rings. The molecule has 0 unspecified atom stereocenters. The number of anilines is 1. The number of hydrogen-bond donors (Lipinski definition) is 1. The van der Waals surface area contributed by atoms with Crippen molar-refractivity contribution in [3.63, 3.8) is 0 Å². The third-order valence-corrected chi connectivity index (χ3v) is 3.43. The van der Waals surface area contributed by atoms with Gasteiger partial charge in [-0.15, -0.1) is 0 Å². The Morgan fingerprint density at radius 2 is 2.22 bits per heavy atom. The number of aromatic nitrogens is 2. The number of nitrogens with zero attached hydrogens (tertiary/aromatic N) is 2. The number of nitrogens with one attached hydrogen (secondary N) is 1. The molecular formula is C13H20ClN3O. The van der Waals surface area contributed by atoms with Gasteiger partial charge in [0.2, 0.25) is 11.8 Å². The van der Waals surface area contributed by atoms with E-state index < -0.39 is 0 Å². The highest BCUT2D eigenvalue weighted by Gasteiger charge is 2.16. The van der Waals surface area contributed by atoms with E-state index in [1.165, 1.54) is 25.7 Å². The van der Waals surface area contributed by atoms with E-state index in [-0.39, 0.29) is 0 Å². The van der Waals surface area contributed by atoms with E-state index in [4.69, 9.17) is 16.3 Å². The Hall–Kier alpha value is -1.03. The fourth-order valence-electron chi connectivity index (χ4n) is 2.15. The van der Waals surface area contributed by atoms with Crippen molar-refractivity contribution in [2.24, 2.45) is 5.92 Å². The monoisotopic (exact) mass is 269 g/mol. The molecule has 0 aliphatic heterocycles. The molecule has 0 bridgehead atoms. The first-order chi connectivity index (χ1) is 8.79. The van der Waals surface area contributed by atoms with Crippen LogP contribution in [0.25, 0.3) is 0 Å². The van der Waals surface area contributed by atoms with Crippen LogP contribution in [-0.2, 0) is 0 Å². The molecular weight excluding hydrogens is 250 g/mol. The lowest BCUT2D eigenvalue weighted by Gasteiger charge is -2.12. The van der Waals surface area contributed by atoms with Gasteiger partial charge in [-0.3, -0.25) is 0 Å². The van der Waals surface area contributed by atoms with Gasteiger partial charge in [-0.2, -0.15) is 4.98 Å². The zero-order valence-corrected chi connectivity index (χ0v) is 11.5. The van der Waals surface area contributed by atoms with Crippen LogP contribution in [0.3, 0.4) is 0 Å². The number of rotatable bonds is 6. The van der Waals surface area contributed by atoms with Crippen LogP contribution in [0.15, 0.2) is 6.20 Å². The number of ether oxygens (including phenoxy) is 1. The van der Waals surface area contributed by atoms with Gasteiger partial charge in [-0.25, -0.2) is 4.98 Å². The van der Waals surface area contributed by atoms with Gasteiger partial charge < -0.3 is 10.1 Å². The van der Waals surface area contributed by atoms with Gasteiger partial charge in [0.25, 0.3) is 0 Å². The Kier molecular flexibility index (Phi) is 5.05. The summed E-state index contributed by atoms with van der Waals surface area (Å²) in [5.74, 6) is 1.74. The van der Waals surface area contributed by atoms with E-state index in [2.05, 4.69) is 22.2 Å². The van der Waals surface area contributed by atoms with Gasteiger partial charge in [0.15, 0.2) is 0 Å². The van der Waals surface area contributed by atoms with E-state index >= 15 is 0 Å². The summed E-state index contributed by atoms with van der Waals surface area (Å²) < 4.78 is 5.72. The standard InChI is InChI=1S/C13H20ClN3O/c1-2-7-15-13-16-8-11(14)12(17-13)18-9-10-5-3-4-6-10/h8,10H,2-7,9H2,1H3,(H,15,16,17). The molecule has 5 heteroatoms. The van der Waals surface area contributed by atoms with Crippen molar-refractivity contribution in [2.45, 2.75) is 39.0 Å². The summed E-state index contributed by atoms with van der Waals surface area (Å²) in [6.45, 7) is 3.66. The van der Waals surface area contributed by atoms with Crippen LogP contribution in [0.4, 0.5) is 5.95 Å². The Bertz CT molecular complexity index is 380. The Morgan fingerprint density at radius 3 is 2.94 bits per heavy atom. The molecule has 0 aromatic carbocycles.